The van der Waals surface area contributed by atoms with Gasteiger partial charge in [-0.1, -0.05) is 0 Å². The lowest BCUT2D eigenvalue weighted by molar-refractivity contribution is -0.147. The maximum absolute atomic E-state index is 12.4. The summed E-state index contributed by atoms with van der Waals surface area (Å²) in [5.41, 5.74) is 6.39. The second kappa shape index (κ2) is 11.6. The van der Waals surface area contributed by atoms with Gasteiger partial charge in [0.25, 0.3) is 0 Å². The molecule has 0 saturated carbocycles. The summed E-state index contributed by atoms with van der Waals surface area (Å²) in [4.78, 5) is 65.2. The number of carboxylic acids is 2. The fourth-order valence-corrected chi connectivity index (χ4v) is 2.43. The second-order valence-electron chi connectivity index (χ2n) is 6.84. The molecule has 9 N–H and O–H groups in total. The Labute approximate surface area is 176 Å². The number of carbonyl (C=O) groups is 5. The highest BCUT2D eigenvalue weighted by atomic mass is 16.4. The number of carbonyl (C=O) groups excluding carboxylic acids is 3. The zero-order valence-corrected chi connectivity index (χ0v) is 16.9. The van der Waals surface area contributed by atoms with Crippen LogP contribution in [0.4, 0.5) is 0 Å². The van der Waals surface area contributed by atoms with Crippen molar-refractivity contribution in [3.05, 3.63) is 18.2 Å². The number of nitrogens with one attached hydrogen (secondary N) is 4. The van der Waals surface area contributed by atoms with Crippen LogP contribution >= 0.6 is 0 Å². The van der Waals surface area contributed by atoms with Crippen molar-refractivity contribution in [3.63, 3.8) is 0 Å². The van der Waals surface area contributed by atoms with E-state index in [0.29, 0.717) is 5.69 Å². The molecular weight excluding hydrogens is 416 g/mol. The summed E-state index contributed by atoms with van der Waals surface area (Å²) < 4.78 is 0. The highest BCUT2D eigenvalue weighted by Crippen LogP contribution is 2.01. The molecule has 0 bridgehead atoms. The van der Waals surface area contributed by atoms with Gasteiger partial charge in [0, 0.05) is 18.3 Å². The van der Waals surface area contributed by atoms with Gasteiger partial charge in [-0.2, -0.15) is 0 Å². The Morgan fingerprint density at radius 2 is 1.71 bits per heavy atom. The van der Waals surface area contributed by atoms with Crippen LogP contribution in [0.5, 0.6) is 0 Å². The number of H-pyrrole nitrogens is 1. The van der Waals surface area contributed by atoms with Crippen LogP contribution < -0.4 is 21.7 Å². The Hall–Kier alpha value is -3.52. The van der Waals surface area contributed by atoms with E-state index in [0.717, 1.165) is 0 Å². The number of rotatable bonds is 12. The molecule has 1 aromatic heterocycles. The Balaban J connectivity index is 2.70. The largest absolute Gasteiger partial charge is 0.481 e. The molecule has 5 unspecified atom stereocenters. The lowest BCUT2D eigenvalue weighted by atomic mass is 10.1. The number of hydrogen-bond donors (Lipinski definition) is 8. The van der Waals surface area contributed by atoms with Crippen molar-refractivity contribution in [3.8, 4) is 0 Å². The molecule has 0 aliphatic rings. The maximum Gasteiger partial charge on any atom is 0.326 e. The predicted molar refractivity (Wildman–Crippen MR) is 103 cm³/mol. The van der Waals surface area contributed by atoms with E-state index < -0.39 is 66.4 Å². The number of aromatic amines is 1. The second-order valence-corrected chi connectivity index (χ2v) is 6.84. The number of carboxylic acid groups (broad SMARTS) is 2. The van der Waals surface area contributed by atoms with Crippen molar-refractivity contribution in [1.29, 1.82) is 0 Å². The van der Waals surface area contributed by atoms with E-state index in [4.69, 9.17) is 15.9 Å². The number of aliphatic hydroxyl groups excluding tert-OH is 1. The average Bonchev–Trinajstić information content (AvgIpc) is 3.17. The molecule has 14 heteroatoms. The molecule has 3 amide bonds. The summed E-state index contributed by atoms with van der Waals surface area (Å²) in [6.45, 7) is 2.48. The molecule has 1 aromatic rings. The summed E-state index contributed by atoms with van der Waals surface area (Å²) >= 11 is 0. The highest BCUT2D eigenvalue weighted by Gasteiger charge is 2.32. The SMILES string of the molecule is CC(NC(=O)C(N)Cc1cnc[nH]1)C(=O)NC(C(=O)NC(CC(=O)O)C(=O)O)C(C)O. The minimum Gasteiger partial charge on any atom is -0.481 e. The molecule has 0 spiro atoms. The van der Waals surface area contributed by atoms with E-state index in [-0.39, 0.29) is 6.42 Å². The molecule has 14 nitrogen and oxygen atoms in total. The third-order valence-electron chi connectivity index (χ3n) is 4.14. The van der Waals surface area contributed by atoms with Crippen LogP contribution in [0.1, 0.15) is 26.0 Å². The number of aliphatic carboxylic acids is 2. The van der Waals surface area contributed by atoms with Gasteiger partial charge in [0.05, 0.1) is 24.9 Å². The molecule has 0 aromatic carbocycles. The Kier molecular flexibility index (Phi) is 9.56. The van der Waals surface area contributed by atoms with Crippen LogP contribution in [-0.4, -0.2) is 85.2 Å². The van der Waals surface area contributed by atoms with Crippen molar-refractivity contribution in [2.75, 3.05) is 0 Å². The molecule has 0 saturated heterocycles. The molecule has 0 aliphatic carbocycles. The fraction of sp³-hybridized carbons (Fsp3) is 0.529. The van der Waals surface area contributed by atoms with Gasteiger partial charge in [-0.05, 0) is 13.8 Å². The van der Waals surface area contributed by atoms with E-state index >= 15 is 0 Å². The van der Waals surface area contributed by atoms with Gasteiger partial charge in [0.2, 0.25) is 17.7 Å². The Morgan fingerprint density at radius 3 is 2.19 bits per heavy atom. The van der Waals surface area contributed by atoms with E-state index in [1.54, 1.807) is 0 Å². The first kappa shape index (κ1) is 25.5. The van der Waals surface area contributed by atoms with Crippen molar-refractivity contribution in [1.82, 2.24) is 25.9 Å². The van der Waals surface area contributed by atoms with E-state index in [1.165, 1.54) is 26.4 Å². The van der Waals surface area contributed by atoms with Gasteiger partial charge in [-0.25, -0.2) is 9.78 Å². The number of nitrogens with two attached hydrogens (primary N) is 1. The molecule has 31 heavy (non-hydrogen) atoms. The van der Waals surface area contributed by atoms with Gasteiger partial charge in [-0.15, -0.1) is 0 Å². The van der Waals surface area contributed by atoms with Gasteiger partial charge in [0.1, 0.15) is 18.1 Å². The van der Waals surface area contributed by atoms with Crippen LogP contribution in [0, 0.1) is 0 Å². The zero-order chi connectivity index (χ0) is 23.7. The first-order chi connectivity index (χ1) is 14.4. The molecule has 172 valence electrons. The minimum absolute atomic E-state index is 0.138. The summed E-state index contributed by atoms with van der Waals surface area (Å²) in [6.07, 6.45) is 0.696. The fourth-order valence-electron chi connectivity index (χ4n) is 2.43. The van der Waals surface area contributed by atoms with Gasteiger partial charge in [0.15, 0.2) is 0 Å². The molecular formula is C17H26N6O8. The van der Waals surface area contributed by atoms with Gasteiger partial charge < -0.3 is 42.0 Å². The number of nitrogens with zero attached hydrogens (tertiary/aromatic N) is 1. The smallest absolute Gasteiger partial charge is 0.326 e. The standard InChI is InChI=1S/C17H26N6O8/c1-7(21-15(28)10(18)3-9-5-19-6-20-9)14(27)23-13(8(2)24)16(29)22-11(17(30)31)4-12(25)26/h5-8,10-11,13,24H,3-4,18H2,1-2H3,(H,19,20)(H,21,28)(H,22,29)(H,23,27)(H,25,26)(H,30,31). The summed E-state index contributed by atoms with van der Waals surface area (Å²) in [7, 11) is 0. The number of amides is 3. The van der Waals surface area contributed by atoms with E-state index in [2.05, 4.69) is 20.6 Å². The van der Waals surface area contributed by atoms with Crippen LogP contribution in [0.15, 0.2) is 12.5 Å². The quantitative estimate of drug-likeness (QED) is 0.160. The third kappa shape index (κ3) is 8.39. The minimum atomic E-state index is -1.76. The number of aromatic nitrogens is 2. The van der Waals surface area contributed by atoms with Crippen LogP contribution in [-0.2, 0) is 30.4 Å². The summed E-state index contributed by atoms with van der Waals surface area (Å²) in [5, 5.41) is 34.0. The molecule has 0 radical (unpaired) electrons. The molecule has 0 aliphatic heterocycles. The Morgan fingerprint density at radius 1 is 1.06 bits per heavy atom. The van der Waals surface area contributed by atoms with Crippen molar-refractivity contribution < 1.29 is 39.3 Å². The summed E-state index contributed by atoms with van der Waals surface area (Å²) in [6, 6.07) is -5.50. The molecule has 5 atom stereocenters. The predicted octanol–water partition coefficient (Wildman–Crippen LogP) is -3.31. The van der Waals surface area contributed by atoms with Crippen LogP contribution in [0.25, 0.3) is 0 Å². The van der Waals surface area contributed by atoms with Crippen molar-refractivity contribution >= 4 is 29.7 Å². The van der Waals surface area contributed by atoms with E-state index in [1.807, 2.05) is 5.32 Å². The highest BCUT2D eigenvalue weighted by molar-refractivity contribution is 5.94. The van der Waals surface area contributed by atoms with Crippen LogP contribution in [0.2, 0.25) is 0 Å². The number of hydrogen-bond acceptors (Lipinski definition) is 8. The normalized spacial score (nSPS) is 15.6. The zero-order valence-electron chi connectivity index (χ0n) is 16.9. The lowest BCUT2D eigenvalue weighted by Gasteiger charge is -2.25. The lowest BCUT2D eigenvalue weighted by Crippen LogP contribution is -2.59. The maximum atomic E-state index is 12.4. The Bertz CT molecular complexity index is 797. The summed E-state index contributed by atoms with van der Waals surface area (Å²) in [5.74, 6) is -5.67. The van der Waals surface area contributed by atoms with Gasteiger partial charge >= 0.3 is 11.9 Å². The van der Waals surface area contributed by atoms with E-state index in [9.17, 15) is 29.1 Å². The van der Waals surface area contributed by atoms with Crippen molar-refractivity contribution in [2.45, 2.75) is 57.0 Å². The third-order valence-corrected chi connectivity index (χ3v) is 4.14. The molecule has 1 heterocycles. The molecule has 0 fully saturated rings. The molecule has 1 rings (SSSR count). The van der Waals surface area contributed by atoms with Crippen LogP contribution in [0.3, 0.4) is 0 Å². The number of aliphatic hydroxyl groups is 1. The number of imidazole rings is 1. The monoisotopic (exact) mass is 442 g/mol. The van der Waals surface area contributed by atoms with Gasteiger partial charge in [-0.3, -0.25) is 19.2 Å². The first-order valence-electron chi connectivity index (χ1n) is 9.19. The first-order valence-corrected chi connectivity index (χ1v) is 9.19. The topological polar surface area (TPSA) is 237 Å². The van der Waals surface area contributed by atoms with Crippen molar-refractivity contribution in [2.24, 2.45) is 5.73 Å². The average molecular weight is 442 g/mol.